The number of nitrogens with one attached hydrogen (secondary N) is 1. The molecule has 0 amide bonds. The summed E-state index contributed by atoms with van der Waals surface area (Å²) in [6.07, 6.45) is 0. The third kappa shape index (κ3) is 1.91. The van der Waals surface area contributed by atoms with Crippen LogP contribution < -0.4 is 0 Å². The molecule has 0 spiro atoms. The molecule has 0 aliphatic heterocycles. The molecule has 0 fully saturated rings. The van der Waals surface area contributed by atoms with E-state index in [1.807, 2.05) is 0 Å². The zero-order chi connectivity index (χ0) is 4.41. The second-order valence-corrected chi connectivity index (χ2v) is 1.15. The molecule has 1 radical (unpaired) electrons. The third-order valence-corrected chi connectivity index (χ3v) is 0.524. The maximum atomic E-state index is 3.74. The Balaban J connectivity index is 0.000000360. The summed E-state index contributed by atoms with van der Waals surface area (Å²) in [5, 5.41) is 12.6. The van der Waals surface area contributed by atoms with Gasteiger partial charge in [0.15, 0.2) is 0 Å². The topological polar surface area (TPSA) is 54.5 Å². The summed E-state index contributed by atoms with van der Waals surface area (Å²) >= 11 is 3.74. The van der Waals surface area contributed by atoms with Gasteiger partial charge in [0.25, 0.3) is 0 Å². The van der Waals surface area contributed by atoms with Gasteiger partial charge in [0.1, 0.15) is 0 Å². The van der Waals surface area contributed by atoms with Crippen LogP contribution >= 0.6 is 12.6 Å². The van der Waals surface area contributed by atoms with E-state index >= 15 is 0 Å². The molecule has 0 aromatic carbocycles. The molecule has 4 nitrogen and oxygen atoms in total. The molecule has 0 unspecified atom stereocenters. The van der Waals surface area contributed by atoms with Crippen molar-refractivity contribution in [3.63, 3.8) is 0 Å². The number of aromatic amines is 1. The van der Waals surface area contributed by atoms with Crippen molar-refractivity contribution < 1.29 is 17.1 Å². The van der Waals surface area contributed by atoms with Gasteiger partial charge in [-0.3, -0.25) is 0 Å². The second-order valence-electron chi connectivity index (χ2n) is 0.725. The van der Waals surface area contributed by atoms with Crippen molar-refractivity contribution in [1.82, 2.24) is 20.6 Å². The molecular formula is CH2CuN4S. The van der Waals surface area contributed by atoms with E-state index in [4.69, 9.17) is 0 Å². The fraction of sp³-hybridized carbons (Fsp3) is 0. The molecule has 0 saturated carbocycles. The van der Waals surface area contributed by atoms with Gasteiger partial charge in [-0.2, -0.15) is 0 Å². The summed E-state index contributed by atoms with van der Waals surface area (Å²) in [4.78, 5) is 0. The van der Waals surface area contributed by atoms with Gasteiger partial charge < -0.3 is 0 Å². The number of thiol groups is 1. The number of tetrazole rings is 1. The van der Waals surface area contributed by atoms with Crippen LogP contribution in [0.25, 0.3) is 0 Å². The Morgan fingerprint density at radius 1 is 1.57 bits per heavy atom. The van der Waals surface area contributed by atoms with Gasteiger partial charge in [-0.1, -0.05) is 0 Å². The molecule has 43 valence electrons. The number of H-pyrrole nitrogens is 1. The number of aromatic nitrogens is 4. The first-order valence-electron chi connectivity index (χ1n) is 1.32. The Bertz CT molecular complexity index is 115. The van der Waals surface area contributed by atoms with Gasteiger partial charge in [0, 0.05) is 17.1 Å². The van der Waals surface area contributed by atoms with Crippen molar-refractivity contribution in [2.45, 2.75) is 5.16 Å². The Labute approximate surface area is 56.0 Å². The van der Waals surface area contributed by atoms with Crippen molar-refractivity contribution in [2.75, 3.05) is 0 Å². The van der Waals surface area contributed by atoms with Crippen LogP contribution in [0.15, 0.2) is 5.16 Å². The van der Waals surface area contributed by atoms with Gasteiger partial charge in [-0.05, 0) is 10.4 Å². The van der Waals surface area contributed by atoms with Crippen molar-refractivity contribution in [3.05, 3.63) is 0 Å². The van der Waals surface area contributed by atoms with E-state index in [-0.39, 0.29) is 17.1 Å². The Hall–Kier alpha value is -0.0605. The summed E-state index contributed by atoms with van der Waals surface area (Å²) < 4.78 is 0. The largest absolute Gasteiger partial charge is 0.234 e. The Morgan fingerprint density at radius 3 is 2.43 bits per heavy atom. The number of hydrogen-bond donors (Lipinski definition) is 2. The second kappa shape index (κ2) is 3.01. The average Bonchev–Trinajstić information content (AvgIpc) is 1.86. The van der Waals surface area contributed by atoms with Crippen LogP contribution in [0.5, 0.6) is 0 Å². The van der Waals surface area contributed by atoms with Gasteiger partial charge in [-0.15, -0.1) is 17.7 Å². The molecule has 0 bridgehead atoms. The number of nitrogens with zero attached hydrogens (tertiary/aromatic N) is 3. The average molecular weight is 166 g/mol. The van der Waals surface area contributed by atoms with E-state index in [2.05, 4.69) is 33.3 Å². The smallest absolute Gasteiger partial charge is 0.203 e. The molecule has 1 heterocycles. The SMILES string of the molecule is Sc1nnn[nH]1.[Cu]. The zero-order valence-electron chi connectivity index (χ0n) is 3.09. The van der Waals surface area contributed by atoms with E-state index in [1.165, 1.54) is 0 Å². The summed E-state index contributed by atoms with van der Waals surface area (Å²) in [6.45, 7) is 0. The van der Waals surface area contributed by atoms with Gasteiger partial charge in [0.2, 0.25) is 5.16 Å². The minimum absolute atomic E-state index is 0. The maximum Gasteiger partial charge on any atom is 0.203 e. The number of rotatable bonds is 0. The molecule has 1 rings (SSSR count). The van der Waals surface area contributed by atoms with Crippen LogP contribution in [-0.4, -0.2) is 20.6 Å². The Kier molecular flexibility index (Phi) is 2.98. The predicted molar refractivity (Wildman–Crippen MR) is 21.4 cm³/mol. The molecule has 6 heteroatoms. The molecule has 1 aromatic rings. The van der Waals surface area contributed by atoms with E-state index in [0.717, 1.165) is 0 Å². The minimum Gasteiger partial charge on any atom is -0.234 e. The fourth-order valence-electron chi connectivity index (χ4n) is 0.154. The molecule has 1 aromatic heterocycles. The molecule has 0 aliphatic rings. The van der Waals surface area contributed by atoms with Gasteiger partial charge >= 0.3 is 0 Å². The van der Waals surface area contributed by atoms with Crippen molar-refractivity contribution >= 4 is 12.6 Å². The van der Waals surface area contributed by atoms with Crippen LogP contribution in [0.1, 0.15) is 0 Å². The normalized spacial score (nSPS) is 7.57. The van der Waals surface area contributed by atoms with E-state index < -0.39 is 0 Å². The van der Waals surface area contributed by atoms with Crippen LogP contribution in [0.2, 0.25) is 0 Å². The molecule has 0 saturated heterocycles. The van der Waals surface area contributed by atoms with Gasteiger partial charge in [0.05, 0.1) is 0 Å². The van der Waals surface area contributed by atoms with Crippen LogP contribution in [0, 0.1) is 0 Å². The van der Waals surface area contributed by atoms with E-state index in [1.54, 1.807) is 0 Å². The van der Waals surface area contributed by atoms with Crippen LogP contribution in [-0.2, 0) is 17.1 Å². The monoisotopic (exact) mass is 165 g/mol. The third-order valence-electron chi connectivity index (χ3n) is 0.334. The van der Waals surface area contributed by atoms with Crippen LogP contribution in [0.4, 0.5) is 0 Å². The number of hydrogen-bond acceptors (Lipinski definition) is 4. The summed E-state index contributed by atoms with van der Waals surface area (Å²) in [5.74, 6) is 0. The molecule has 1 N–H and O–H groups in total. The quantitative estimate of drug-likeness (QED) is 0.402. The fourth-order valence-corrected chi connectivity index (χ4v) is 0.239. The van der Waals surface area contributed by atoms with E-state index in [9.17, 15) is 0 Å². The maximum absolute atomic E-state index is 3.74. The summed E-state index contributed by atoms with van der Waals surface area (Å²) in [7, 11) is 0. The minimum atomic E-state index is 0. The van der Waals surface area contributed by atoms with E-state index in [0.29, 0.717) is 5.16 Å². The standard InChI is InChI=1S/CH2N4S.Cu/c6-1-2-4-5-3-1;/h(H2,2,3,4,5,6);. The Morgan fingerprint density at radius 2 is 2.29 bits per heavy atom. The first-order chi connectivity index (χ1) is 2.89. The van der Waals surface area contributed by atoms with Crippen molar-refractivity contribution in [1.29, 1.82) is 0 Å². The first kappa shape index (κ1) is 6.94. The molecule has 0 aliphatic carbocycles. The van der Waals surface area contributed by atoms with Crippen LogP contribution in [0.3, 0.4) is 0 Å². The summed E-state index contributed by atoms with van der Waals surface area (Å²) in [5.41, 5.74) is 0. The molecular weight excluding hydrogens is 164 g/mol. The van der Waals surface area contributed by atoms with Gasteiger partial charge in [-0.25, -0.2) is 5.10 Å². The molecule has 7 heavy (non-hydrogen) atoms. The first-order valence-corrected chi connectivity index (χ1v) is 1.77. The van der Waals surface area contributed by atoms with Crippen molar-refractivity contribution in [2.24, 2.45) is 0 Å². The predicted octanol–water partition coefficient (Wildman–Crippen LogP) is -0.514. The molecule has 0 atom stereocenters. The zero-order valence-corrected chi connectivity index (χ0v) is 4.93. The summed E-state index contributed by atoms with van der Waals surface area (Å²) in [6, 6.07) is 0. The van der Waals surface area contributed by atoms with Crippen molar-refractivity contribution in [3.8, 4) is 0 Å².